The normalized spacial score (nSPS) is 18.4. The minimum absolute atomic E-state index is 0.115. The summed E-state index contributed by atoms with van der Waals surface area (Å²) in [5.74, 6) is 0. The molecule has 0 saturated carbocycles. The molecule has 1 aliphatic heterocycles. The van der Waals surface area contributed by atoms with E-state index in [4.69, 9.17) is 5.73 Å². The number of aromatic nitrogens is 1. The fourth-order valence-electron chi connectivity index (χ4n) is 2.25. The standard InChI is InChI=1S/C13H22N4/c1-13(2,11-14)17-9-7-16(8-10-17)12-3-5-15-6-4-12/h3-6H,7-11,14H2,1-2H3. The molecule has 1 saturated heterocycles. The summed E-state index contributed by atoms with van der Waals surface area (Å²) in [5, 5.41) is 0. The highest BCUT2D eigenvalue weighted by Crippen LogP contribution is 2.19. The van der Waals surface area contributed by atoms with E-state index >= 15 is 0 Å². The van der Waals surface area contributed by atoms with Crippen LogP contribution in [-0.4, -0.2) is 48.1 Å². The highest BCUT2D eigenvalue weighted by molar-refractivity contribution is 5.45. The minimum atomic E-state index is 0.115. The van der Waals surface area contributed by atoms with Gasteiger partial charge in [-0.05, 0) is 26.0 Å². The van der Waals surface area contributed by atoms with E-state index in [-0.39, 0.29) is 5.54 Å². The number of rotatable bonds is 3. The number of pyridine rings is 1. The van der Waals surface area contributed by atoms with E-state index in [1.54, 1.807) is 0 Å². The van der Waals surface area contributed by atoms with Crippen LogP contribution in [0.5, 0.6) is 0 Å². The van der Waals surface area contributed by atoms with Crippen molar-refractivity contribution in [2.24, 2.45) is 5.73 Å². The van der Waals surface area contributed by atoms with E-state index in [1.807, 2.05) is 12.4 Å². The van der Waals surface area contributed by atoms with Gasteiger partial charge in [0, 0.05) is 56.3 Å². The fraction of sp³-hybridized carbons (Fsp3) is 0.615. The highest BCUT2D eigenvalue weighted by Gasteiger charge is 2.28. The Morgan fingerprint density at radius 3 is 2.29 bits per heavy atom. The molecule has 1 aliphatic rings. The molecule has 4 nitrogen and oxygen atoms in total. The van der Waals surface area contributed by atoms with Gasteiger partial charge in [0.05, 0.1) is 0 Å². The number of piperazine rings is 1. The van der Waals surface area contributed by atoms with Gasteiger partial charge in [-0.15, -0.1) is 0 Å². The second-order valence-corrected chi connectivity index (χ2v) is 5.20. The monoisotopic (exact) mass is 234 g/mol. The second-order valence-electron chi connectivity index (χ2n) is 5.20. The van der Waals surface area contributed by atoms with Gasteiger partial charge in [-0.2, -0.15) is 0 Å². The lowest BCUT2D eigenvalue weighted by molar-refractivity contribution is 0.119. The third kappa shape index (κ3) is 2.76. The van der Waals surface area contributed by atoms with Crippen molar-refractivity contribution in [2.75, 3.05) is 37.6 Å². The van der Waals surface area contributed by atoms with Crippen LogP contribution in [0, 0.1) is 0 Å². The van der Waals surface area contributed by atoms with E-state index in [2.05, 4.69) is 40.8 Å². The molecule has 0 aromatic carbocycles. The number of hydrogen-bond donors (Lipinski definition) is 1. The van der Waals surface area contributed by atoms with Crippen LogP contribution in [0.3, 0.4) is 0 Å². The predicted molar refractivity (Wildman–Crippen MR) is 71.2 cm³/mol. The number of nitrogens with zero attached hydrogens (tertiary/aromatic N) is 3. The van der Waals surface area contributed by atoms with Gasteiger partial charge in [-0.1, -0.05) is 0 Å². The van der Waals surface area contributed by atoms with E-state index in [9.17, 15) is 0 Å². The summed E-state index contributed by atoms with van der Waals surface area (Å²) in [6, 6.07) is 4.15. The molecule has 1 fully saturated rings. The van der Waals surface area contributed by atoms with Gasteiger partial charge in [0.1, 0.15) is 0 Å². The van der Waals surface area contributed by atoms with Gasteiger partial charge in [-0.3, -0.25) is 9.88 Å². The van der Waals surface area contributed by atoms with Gasteiger partial charge in [0.2, 0.25) is 0 Å². The maximum Gasteiger partial charge on any atom is 0.0397 e. The van der Waals surface area contributed by atoms with Crippen molar-refractivity contribution in [1.29, 1.82) is 0 Å². The maximum atomic E-state index is 5.82. The molecule has 0 radical (unpaired) electrons. The van der Waals surface area contributed by atoms with E-state index < -0.39 is 0 Å². The molecule has 0 aliphatic carbocycles. The van der Waals surface area contributed by atoms with E-state index in [0.29, 0.717) is 6.54 Å². The molecule has 1 aromatic rings. The van der Waals surface area contributed by atoms with Gasteiger partial charge in [0.25, 0.3) is 0 Å². The lowest BCUT2D eigenvalue weighted by Gasteiger charge is -2.44. The predicted octanol–water partition coefficient (Wildman–Crippen LogP) is 0.941. The van der Waals surface area contributed by atoms with Crippen LogP contribution in [0.2, 0.25) is 0 Å². The van der Waals surface area contributed by atoms with Crippen LogP contribution < -0.4 is 10.6 Å². The molecule has 4 heteroatoms. The summed E-state index contributed by atoms with van der Waals surface area (Å²) in [6.07, 6.45) is 3.71. The van der Waals surface area contributed by atoms with Crippen molar-refractivity contribution >= 4 is 5.69 Å². The molecular formula is C13H22N4. The first-order valence-electron chi connectivity index (χ1n) is 6.23. The summed E-state index contributed by atoms with van der Waals surface area (Å²) in [6.45, 7) is 9.42. The summed E-state index contributed by atoms with van der Waals surface area (Å²) < 4.78 is 0. The molecule has 17 heavy (non-hydrogen) atoms. The minimum Gasteiger partial charge on any atom is -0.369 e. The van der Waals surface area contributed by atoms with Crippen LogP contribution in [0.1, 0.15) is 13.8 Å². The zero-order chi connectivity index (χ0) is 12.3. The molecule has 0 spiro atoms. The van der Waals surface area contributed by atoms with Crippen LogP contribution >= 0.6 is 0 Å². The third-order valence-corrected chi connectivity index (χ3v) is 3.66. The average molecular weight is 234 g/mol. The Balaban J connectivity index is 1.95. The molecule has 1 aromatic heterocycles. The first-order valence-corrected chi connectivity index (χ1v) is 6.23. The maximum absolute atomic E-state index is 5.82. The zero-order valence-corrected chi connectivity index (χ0v) is 10.8. The molecule has 0 bridgehead atoms. The third-order valence-electron chi connectivity index (χ3n) is 3.66. The SMILES string of the molecule is CC(C)(CN)N1CCN(c2ccncc2)CC1. The summed E-state index contributed by atoms with van der Waals surface area (Å²) in [5.41, 5.74) is 7.20. The van der Waals surface area contributed by atoms with Crippen LogP contribution in [-0.2, 0) is 0 Å². The van der Waals surface area contributed by atoms with Gasteiger partial charge >= 0.3 is 0 Å². The summed E-state index contributed by atoms with van der Waals surface area (Å²) >= 11 is 0. The Morgan fingerprint density at radius 1 is 1.18 bits per heavy atom. The van der Waals surface area contributed by atoms with Crippen molar-refractivity contribution in [3.05, 3.63) is 24.5 Å². The van der Waals surface area contributed by atoms with Crippen molar-refractivity contribution in [1.82, 2.24) is 9.88 Å². The Labute approximate surface area is 103 Å². The fourth-order valence-corrected chi connectivity index (χ4v) is 2.25. The molecule has 0 unspecified atom stereocenters. The molecule has 2 rings (SSSR count). The van der Waals surface area contributed by atoms with Gasteiger partial charge in [0.15, 0.2) is 0 Å². The molecule has 2 heterocycles. The number of hydrogen-bond acceptors (Lipinski definition) is 4. The Morgan fingerprint density at radius 2 is 1.76 bits per heavy atom. The van der Waals surface area contributed by atoms with Crippen molar-refractivity contribution in [3.8, 4) is 0 Å². The summed E-state index contributed by atoms with van der Waals surface area (Å²) in [4.78, 5) is 8.94. The summed E-state index contributed by atoms with van der Waals surface area (Å²) in [7, 11) is 0. The molecule has 0 amide bonds. The lowest BCUT2D eigenvalue weighted by atomic mass is 10.0. The Kier molecular flexibility index (Phi) is 3.64. The van der Waals surface area contributed by atoms with Crippen LogP contribution in [0.15, 0.2) is 24.5 Å². The largest absolute Gasteiger partial charge is 0.369 e. The van der Waals surface area contributed by atoms with Crippen molar-refractivity contribution in [2.45, 2.75) is 19.4 Å². The van der Waals surface area contributed by atoms with Crippen LogP contribution in [0.4, 0.5) is 5.69 Å². The average Bonchev–Trinajstić information content (AvgIpc) is 2.40. The first kappa shape index (κ1) is 12.3. The smallest absolute Gasteiger partial charge is 0.0397 e. The Hall–Kier alpha value is -1.13. The highest BCUT2D eigenvalue weighted by atomic mass is 15.3. The number of nitrogens with two attached hydrogens (primary N) is 1. The first-order chi connectivity index (χ1) is 8.13. The lowest BCUT2D eigenvalue weighted by Crippen LogP contribution is -2.57. The van der Waals surface area contributed by atoms with Gasteiger partial charge in [-0.25, -0.2) is 0 Å². The van der Waals surface area contributed by atoms with Crippen molar-refractivity contribution in [3.63, 3.8) is 0 Å². The van der Waals surface area contributed by atoms with Crippen molar-refractivity contribution < 1.29 is 0 Å². The van der Waals surface area contributed by atoms with E-state index in [0.717, 1.165) is 26.2 Å². The van der Waals surface area contributed by atoms with E-state index in [1.165, 1.54) is 5.69 Å². The molecule has 94 valence electrons. The van der Waals surface area contributed by atoms with Gasteiger partial charge < -0.3 is 10.6 Å². The molecular weight excluding hydrogens is 212 g/mol. The number of anilines is 1. The topological polar surface area (TPSA) is 45.4 Å². The molecule has 2 N–H and O–H groups in total. The molecule has 0 atom stereocenters. The van der Waals surface area contributed by atoms with Crippen LogP contribution in [0.25, 0.3) is 0 Å². The Bertz CT molecular complexity index is 342. The quantitative estimate of drug-likeness (QED) is 0.845. The zero-order valence-electron chi connectivity index (χ0n) is 10.8. The second kappa shape index (κ2) is 5.02.